The molecule has 0 aliphatic heterocycles. The Morgan fingerprint density at radius 1 is 1.30 bits per heavy atom. The Morgan fingerprint density at radius 2 is 2.10 bits per heavy atom. The third kappa shape index (κ3) is 4.19. The van der Waals surface area contributed by atoms with E-state index in [0.29, 0.717) is 18.5 Å². The molecule has 2 aromatic rings. The molecule has 0 spiro atoms. The number of pyridine rings is 1. The molecule has 2 N–H and O–H groups in total. The van der Waals surface area contributed by atoms with E-state index >= 15 is 0 Å². The Bertz CT molecular complexity index is 626. The van der Waals surface area contributed by atoms with E-state index in [1.165, 1.54) is 11.3 Å². The lowest BCUT2D eigenvalue weighted by Crippen LogP contribution is -2.22. The quantitative estimate of drug-likeness (QED) is 0.843. The molecule has 0 saturated heterocycles. The van der Waals surface area contributed by atoms with Crippen molar-refractivity contribution in [1.29, 1.82) is 0 Å². The second kappa shape index (κ2) is 7.43. The van der Waals surface area contributed by atoms with Crippen molar-refractivity contribution in [2.24, 2.45) is 0 Å². The van der Waals surface area contributed by atoms with Gasteiger partial charge in [-0.2, -0.15) is 0 Å². The first-order chi connectivity index (χ1) is 9.79. The normalized spacial score (nSPS) is 9.65. The van der Waals surface area contributed by atoms with Gasteiger partial charge in [0.2, 0.25) is 0 Å². The van der Waals surface area contributed by atoms with Crippen LogP contribution in [0, 0.1) is 11.8 Å². The molecule has 0 aliphatic carbocycles. The molecule has 0 radical (unpaired) electrons. The highest BCUT2D eigenvalue weighted by molar-refractivity contribution is 7.12. The van der Waals surface area contributed by atoms with Gasteiger partial charge in [-0.1, -0.05) is 11.8 Å². The van der Waals surface area contributed by atoms with Crippen LogP contribution in [-0.2, 0) is 6.54 Å². The van der Waals surface area contributed by atoms with Crippen LogP contribution in [0.15, 0.2) is 36.7 Å². The van der Waals surface area contributed by atoms with Crippen molar-refractivity contribution < 1.29 is 9.90 Å². The van der Waals surface area contributed by atoms with Crippen molar-refractivity contribution in [2.45, 2.75) is 13.0 Å². The van der Waals surface area contributed by atoms with Gasteiger partial charge in [-0.05, 0) is 24.3 Å². The molecule has 4 nitrogen and oxygen atoms in total. The summed E-state index contributed by atoms with van der Waals surface area (Å²) in [7, 11) is 0. The number of aliphatic hydroxyl groups excluding tert-OH is 1. The zero-order valence-electron chi connectivity index (χ0n) is 10.8. The highest BCUT2D eigenvalue weighted by Crippen LogP contribution is 2.15. The second-order valence-electron chi connectivity index (χ2n) is 3.96. The molecule has 5 heteroatoms. The number of nitrogens with zero attached hydrogens (tertiary/aromatic N) is 1. The van der Waals surface area contributed by atoms with Gasteiger partial charge in [0.15, 0.2) is 0 Å². The number of carbonyl (C=O) groups excluding carboxylic acids is 1. The molecule has 0 fully saturated rings. The van der Waals surface area contributed by atoms with Crippen molar-refractivity contribution in [1.82, 2.24) is 10.3 Å². The maximum atomic E-state index is 11.8. The van der Waals surface area contributed by atoms with Crippen LogP contribution in [-0.4, -0.2) is 22.6 Å². The number of hydrogen-bond donors (Lipinski definition) is 2. The van der Waals surface area contributed by atoms with E-state index in [-0.39, 0.29) is 12.5 Å². The Morgan fingerprint density at radius 3 is 2.85 bits per heavy atom. The highest BCUT2D eigenvalue weighted by Gasteiger charge is 2.05. The zero-order valence-corrected chi connectivity index (χ0v) is 11.6. The van der Waals surface area contributed by atoms with Crippen LogP contribution < -0.4 is 5.32 Å². The van der Waals surface area contributed by atoms with Crippen LogP contribution in [0.1, 0.15) is 26.5 Å². The maximum absolute atomic E-state index is 11.8. The number of carbonyl (C=O) groups is 1. The van der Waals surface area contributed by atoms with Gasteiger partial charge in [-0.25, -0.2) is 0 Å². The van der Waals surface area contributed by atoms with Crippen LogP contribution >= 0.6 is 11.3 Å². The fourth-order valence-electron chi connectivity index (χ4n) is 1.52. The monoisotopic (exact) mass is 286 g/mol. The summed E-state index contributed by atoms with van der Waals surface area (Å²) in [6.07, 6.45) is 3.66. The standard InChI is InChI=1S/C15H14N2O2S/c18-10-2-1-3-13-4-5-14(20-13)11-17-15(19)12-6-8-16-9-7-12/h4-9,18H,2,10-11H2,(H,17,19). The molecule has 0 bridgehead atoms. The predicted octanol–water partition coefficient (Wildman–Crippen LogP) is 1.81. The molecule has 1 amide bonds. The minimum absolute atomic E-state index is 0.0766. The van der Waals surface area contributed by atoms with Gasteiger partial charge < -0.3 is 10.4 Å². The Balaban J connectivity index is 1.89. The third-order valence-electron chi connectivity index (χ3n) is 2.48. The van der Waals surface area contributed by atoms with E-state index in [1.807, 2.05) is 12.1 Å². The fourth-order valence-corrected chi connectivity index (χ4v) is 2.34. The third-order valence-corrected chi connectivity index (χ3v) is 3.48. The topological polar surface area (TPSA) is 62.2 Å². The van der Waals surface area contributed by atoms with E-state index in [4.69, 9.17) is 5.11 Å². The van der Waals surface area contributed by atoms with E-state index in [9.17, 15) is 4.79 Å². The van der Waals surface area contributed by atoms with Gasteiger partial charge in [0.05, 0.1) is 18.0 Å². The summed E-state index contributed by atoms with van der Waals surface area (Å²) < 4.78 is 0. The smallest absolute Gasteiger partial charge is 0.251 e. The molecule has 0 unspecified atom stereocenters. The Hall–Kier alpha value is -2.16. The summed E-state index contributed by atoms with van der Waals surface area (Å²) in [6.45, 7) is 0.556. The average molecular weight is 286 g/mol. The van der Waals surface area contributed by atoms with Crippen molar-refractivity contribution in [3.05, 3.63) is 52.0 Å². The van der Waals surface area contributed by atoms with Crippen molar-refractivity contribution in [3.8, 4) is 11.8 Å². The largest absolute Gasteiger partial charge is 0.395 e. The molecule has 0 atom stereocenters. The first kappa shape index (κ1) is 14.3. The minimum Gasteiger partial charge on any atom is -0.395 e. The van der Waals surface area contributed by atoms with Crippen molar-refractivity contribution in [2.75, 3.05) is 6.61 Å². The van der Waals surface area contributed by atoms with Crippen LogP contribution in [0.2, 0.25) is 0 Å². The molecule has 102 valence electrons. The molecule has 20 heavy (non-hydrogen) atoms. The summed E-state index contributed by atoms with van der Waals surface area (Å²) in [4.78, 5) is 17.7. The van der Waals surface area contributed by atoms with E-state index in [1.54, 1.807) is 24.5 Å². The summed E-state index contributed by atoms with van der Waals surface area (Å²) in [5, 5.41) is 11.5. The van der Waals surface area contributed by atoms with Gasteiger partial charge in [-0.15, -0.1) is 11.3 Å². The molecular formula is C15H14N2O2S. The van der Waals surface area contributed by atoms with E-state index in [2.05, 4.69) is 22.1 Å². The molecule has 0 saturated carbocycles. The average Bonchev–Trinajstić information content (AvgIpc) is 2.94. The van der Waals surface area contributed by atoms with Crippen LogP contribution in [0.4, 0.5) is 0 Å². The summed E-state index contributed by atoms with van der Waals surface area (Å²) in [5.41, 5.74) is 0.597. The van der Waals surface area contributed by atoms with Gasteiger partial charge in [0.1, 0.15) is 0 Å². The van der Waals surface area contributed by atoms with Gasteiger partial charge >= 0.3 is 0 Å². The lowest BCUT2D eigenvalue weighted by molar-refractivity contribution is 0.0951. The first-order valence-electron chi connectivity index (χ1n) is 6.16. The fraction of sp³-hybridized carbons (Fsp3) is 0.200. The van der Waals surface area contributed by atoms with Gasteiger partial charge in [0, 0.05) is 29.3 Å². The molecular weight excluding hydrogens is 272 g/mol. The summed E-state index contributed by atoms with van der Waals surface area (Å²) >= 11 is 1.54. The van der Waals surface area contributed by atoms with E-state index < -0.39 is 0 Å². The second-order valence-corrected chi connectivity index (χ2v) is 5.13. The van der Waals surface area contributed by atoms with Crippen LogP contribution in [0.3, 0.4) is 0 Å². The minimum atomic E-state index is -0.117. The Kier molecular flexibility index (Phi) is 5.30. The molecule has 0 aromatic carbocycles. The number of amides is 1. The van der Waals surface area contributed by atoms with Crippen molar-refractivity contribution in [3.63, 3.8) is 0 Å². The molecule has 2 heterocycles. The van der Waals surface area contributed by atoms with Gasteiger partial charge in [-0.3, -0.25) is 9.78 Å². The summed E-state index contributed by atoms with van der Waals surface area (Å²) in [5.74, 6) is 5.73. The molecule has 2 aromatic heterocycles. The number of nitrogens with one attached hydrogen (secondary N) is 1. The Labute approximate surface area is 121 Å². The van der Waals surface area contributed by atoms with Crippen LogP contribution in [0.5, 0.6) is 0 Å². The lowest BCUT2D eigenvalue weighted by Gasteiger charge is -2.02. The van der Waals surface area contributed by atoms with E-state index in [0.717, 1.165) is 9.75 Å². The number of aliphatic hydroxyl groups is 1. The number of hydrogen-bond acceptors (Lipinski definition) is 4. The number of rotatable bonds is 4. The first-order valence-corrected chi connectivity index (χ1v) is 6.98. The van der Waals surface area contributed by atoms with Crippen LogP contribution in [0.25, 0.3) is 0 Å². The predicted molar refractivity (Wildman–Crippen MR) is 78.3 cm³/mol. The number of thiophene rings is 1. The zero-order chi connectivity index (χ0) is 14.2. The SMILES string of the molecule is O=C(NCc1ccc(C#CCCO)s1)c1ccncc1. The molecule has 0 aliphatic rings. The highest BCUT2D eigenvalue weighted by atomic mass is 32.1. The summed E-state index contributed by atoms with van der Waals surface area (Å²) in [6, 6.07) is 7.22. The maximum Gasteiger partial charge on any atom is 0.251 e. The lowest BCUT2D eigenvalue weighted by atomic mass is 10.2. The van der Waals surface area contributed by atoms with Crippen molar-refractivity contribution >= 4 is 17.2 Å². The molecule has 2 rings (SSSR count). The van der Waals surface area contributed by atoms with Gasteiger partial charge in [0.25, 0.3) is 5.91 Å². The number of aromatic nitrogens is 1.